The fraction of sp³-hybridized carbons (Fsp3) is 0.188. The first-order chi connectivity index (χ1) is 10.5. The SMILES string of the molecule is Cc1ccc(NC(=O)[C@H](C)OC(=O)c2cccnc2Cl)cc1. The molecule has 0 aliphatic carbocycles. The molecular formula is C16H15ClN2O3. The van der Waals surface area contributed by atoms with Crippen LogP contribution in [0, 0.1) is 6.92 Å². The Kier molecular flexibility index (Phi) is 5.12. The van der Waals surface area contributed by atoms with Crippen molar-refractivity contribution in [3.05, 3.63) is 58.9 Å². The van der Waals surface area contributed by atoms with Crippen LogP contribution in [-0.4, -0.2) is 23.0 Å². The molecule has 22 heavy (non-hydrogen) atoms. The summed E-state index contributed by atoms with van der Waals surface area (Å²) < 4.78 is 5.10. The number of rotatable bonds is 4. The van der Waals surface area contributed by atoms with Gasteiger partial charge in [-0.2, -0.15) is 0 Å². The number of pyridine rings is 1. The molecule has 1 N–H and O–H groups in total. The van der Waals surface area contributed by atoms with E-state index in [2.05, 4.69) is 10.3 Å². The molecule has 114 valence electrons. The van der Waals surface area contributed by atoms with Crippen LogP contribution in [0.2, 0.25) is 5.15 Å². The van der Waals surface area contributed by atoms with Gasteiger partial charge < -0.3 is 10.1 Å². The molecule has 0 fully saturated rings. The molecule has 0 spiro atoms. The van der Waals surface area contributed by atoms with Crippen LogP contribution >= 0.6 is 11.6 Å². The van der Waals surface area contributed by atoms with Crippen molar-refractivity contribution in [2.24, 2.45) is 0 Å². The van der Waals surface area contributed by atoms with Crippen molar-refractivity contribution in [1.29, 1.82) is 0 Å². The Bertz CT molecular complexity index is 686. The predicted molar refractivity (Wildman–Crippen MR) is 83.9 cm³/mol. The summed E-state index contributed by atoms with van der Waals surface area (Å²) in [5, 5.41) is 2.72. The summed E-state index contributed by atoms with van der Waals surface area (Å²) in [6, 6.07) is 10.4. The highest BCUT2D eigenvalue weighted by Gasteiger charge is 2.20. The molecule has 0 unspecified atom stereocenters. The van der Waals surface area contributed by atoms with Gasteiger partial charge in [-0.1, -0.05) is 29.3 Å². The lowest BCUT2D eigenvalue weighted by atomic mass is 10.2. The van der Waals surface area contributed by atoms with Crippen LogP contribution in [0.3, 0.4) is 0 Å². The minimum Gasteiger partial charge on any atom is -0.449 e. The van der Waals surface area contributed by atoms with E-state index in [0.717, 1.165) is 5.56 Å². The fourth-order valence-electron chi connectivity index (χ4n) is 1.70. The zero-order chi connectivity index (χ0) is 16.1. The summed E-state index contributed by atoms with van der Waals surface area (Å²) in [6.45, 7) is 3.44. The number of amides is 1. The second-order valence-corrected chi connectivity index (χ2v) is 5.10. The van der Waals surface area contributed by atoms with Crippen LogP contribution < -0.4 is 5.32 Å². The number of hydrogen-bond donors (Lipinski definition) is 1. The van der Waals surface area contributed by atoms with Crippen LogP contribution in [0.25, 0.3) is 0 Å². The lowest BCUT2D eigenvalue weighted by Gasteiger charge is -2.14. The van der Waals surface area contributed by atoms with Gasteiger partial charge in [0.25, 0.3) is 5.91 Å². The van der Waals surface area contributed by atoms with Crippen LogP contribution in [0.15, 0.2) is 42.6 Å². The van der Waals surface area contributed by atoms with Crippen LogP contribution in [-0.2, 0) is 9.53 Å². The van der Waals surface area contributed by atoms with Gasteiger partial charge in [-0.25, -0.2) is 9.78 Å². The zero-order valence-electron chi connectivity index (χ0n) is 12.2. The molecule has 5 nitrogen and oxygen atoms in total. The van der Waals surface area contributed by atoms with Crippen molar-refractivity contribution < 1.29 is 14.3 Å². The van der Waals surface area contributed by atoms with E-state index in [1.54, 1.807) is 18.2 Å². The lowest BCUT2D eigenvalue weighted by molar-refractivity contribution is -0.123. The summed E-state index contributed by atoms with van der Waals surface area (Å²) in [5.74, 6) is -1.11. The van der Waals surface area contributed by atoms with Crippen molar-refractivity contribution in [1.82, 2.24) is 4.98 Å². The van der Waals surface area contributed by atoms with Crippen molar-refractivity contribution in [3.8, 4) is 0 Å². The number of esters is 1. The van der Waals surface area contributed by atoms with E-state index in [1.165, 1.54) is 19.2 Å². The third-order valence-corrected chi connectivity index (χ3v) is 3.25. The van der Waals surface area contributed by atoms with Gasteiger partial charge in [0.2, 0.25) is 0 Å². The molecule has 0 saturated carbocycles. The van der Waals surface area contributed by atoms with Gasteiger partial charge in [0.05, 0.1) is 5.56 Å². The highest BCUT2D eigenvalue weighted by Crippen LogP contribution is 2.14. The van der Waals surface area contributed by atoms with Gasteiger partial charge in [-0.15, -0.1) is 0 Å². The molecule has 2 aromatic rings. The van der Waals surface area contributed by atoms with Crippen LogP contribution in [0.5, 0.6) is 0 Å². The van der Waals surface area contributed by atoms with E-state index in [9.17, 15) is 9.59 Å². The maximum atomic E-state index is 12.0. The minimum atomic E-state index is -0.954. The first-order valence-electron chi connectivity index (χ1n) is 6.66. The average molecular weight is 319 g/mol. The maximum absolute atomic E-state index is 12.0. The molecule has 1 amide bonds. The second kappa shape index (κ2) is 7.04. The van der Waals surface area contributed by atoms with Gasteiger partial charge in [0.15, 0.2) is 6.10 Å². The van der Waals surface area contributed by atoms with Gasteiger partial charge >= 0.3 is 5.97 Å². The second-order valence-electron chi connectivity index (χ2n) is 4.74. The van der Waals surface area contributed by atoms with E-state index in [4.69, 9.17) is 16.3 Å². The molecule has 0 saturated heterocycles. The molecule has 6 heteroatoms. The Morgan fingerprint density at radius 1 is 1.23 bits per heavy atom. The lowest BCUT2D eigenvalue weighted by Crippen LogP contribution is -2.30. The van der Waals surface area contributed by atoms with E-state index in [1.807, 2.05) is 19.1 Å². The maximum Gasteiger partial charge on any atom is 0.342 e. The Balaban J connectivity index is 1.98. The molecule has 1 atom stereocenters. The first kappa shape index (κ1) is 16.0. The first-order valence-corrected chi connectivity index (χ1v) is 7.04. The van der Waals surface area contributed by atoms with E-state index >= 15 is 0 Å². The third kappa shape index (κ3) is 4.05. The predicted octanol–water partition coefficient (Wildman–Crippen LogP) is 3.23. The van der Waals surface area contributed by atoms with Crippen LogP contribution in [0.4, 0.5) is 5.69 Å². The van der Waals surface area contributed by atoms with Gasteiger partial charge in [-0.3, -0.25) is 4.79 Å². The summed E-state index contributed by atoms with van der Waals surface area (Å²) >= 11 is 5.81. The number of aromatic nitrogens is 1. The Morgan fingerprint density at radius 3 is 2.55 bits per heavy atom. The number of hydrogen-bond acceptors (Lipinski definition) is 4. The number of nitrogens with zero attached hydrogens (tertiary/aromatic N) is 1. The summed E-state index contributed by atoms with van der Waals surface area (Å²) in [4.78, 5) is 27.8. The molecule has 0 aliphatic rings. The highest BCUT2D eigenvalue weighted by molar-refractivity contribution is 6.32. The number of anilines is 1. The number of carbonyl (C=O) groups is 2. The number of aryl methyl sites for hydroxylation is 1. The molecule has 1 aromatic heterocycles. The monoisotopic (exact) mass is 318 g/mol. The van der Waals surface area contributed by atoms with Crippen molar-refractivity contribution in [3.63, 3.8) is 0 Å². The summed E-state index contributed by atoms with van der Waals surface area (Å²) in [5.41, 5.74) is 1.85. The summed E-state index contributed by atoms with van der Waals surface area (Å²) in [7, 11) is 0. The fourth-order valence-corrected chi connectivity index (χ4v) is 1.89. The topological polar surface area (TPSA) is 68.3 Å². The quantitative estimate of drug-likeness (QED) is 0.694. The van der Waals surface area contributed by atoms with Gasteiger partial charge in [-0.05, 0) is 38.1 Å². The van der Waals surface area contributed by atoms with E-state index < -0.39 is 18.0 Å². The smallest absolute Gasteiger partial charge is 0.342 e. The number of benzene rings is 1. The highest BCUT2D eigenvalue weighted by atomic mass is 35.5. The molecule has 0 aliphatic heterocycles. The van der Waals surface area contributed by atoms with Crippen LogP contribution in [0.1, 0.15) is 22.8 Å². The minimum absolute atomic E-state index is 0.0404. The largest absolute Gasteiger partial charge is 0.449 e. The number of ether oxygens (including phenoxy) is 1. The van der Waals surface area contributed by atoms with Gasteiger partial charge in [0, 0.05) is 11.9 Å². The molecule has 0 bridgehead atoms. The average Bonchev–Trinajstić information content (AvgIpc) is 2.49. The molecule has 2 rings (SSSR count). The molecule has 0 radical (unpaired) electrons. The van der Waals surface area contributed by atoms with E-state index in [-0.39, 0.29) is 10.7 Å². The Labute approximate surface area is 133 Å². The normalized spacial score (nSPS) is 11.6. The number of carbonyl (C=O) groups excluding carboxylic acids is 2. The molecule has 1 heterocycles. The standard InChI is InChI=1S/C16H15ClN2O3/c1-10-5-7-12(8-6-10)19-15(20)11(2)22-16(21)13-4-3-9-18-14(13)17/h3-9,11H,1-2H3,(H,19,20)/t11-/m0/s1. The Hall–Kier alpha value is -2.40. The van der Waals surface area contributed by atoms with E-state index in [0.29, 0.717) is 5.69 Å². The van der Waals surface area contributed by atoms with Gasteiger partial charge in [0.1, 0.15) is 5.15 Å². The van der Waals surface area contributed by atoms with Crippen molar-refractivity contribution in [2.45, 2.75) is 20.0 Å². The Morgan fingerprint density at radius 2 is 1.91 bits per heavy atom. The molecular weight excluding hydrogens is 304 g/mol. The number of halogens is 1. The van der Waals surface area contributed by atoms with Crippen molar-refractivity contribution in [2.75, 3.05) is 5.32 Å². The number of nitrogens with one attached hydrogen (secondary N) is 1. The summed E-state index contributed by atoms with van der Waals surface area (Å²) in [6.07, 6.45) is 0.511. The van der Waals surface area contributed by atoms with Crippen molar-refractivity contribution >= 4 is 29.2 Å². The third-order valence-electron chi connectivity index (χ3n) is 2.95. The molecule has 1 aromatic carbocycles. The zero-order valence-corrected chi connectivity index (χ0v) is 12.9.